The number of nitrogens with one attached hydrogen (secondary N) is 1. The standard InChI is InChI=1S/C14H25N3O14S/c1-4(18)17-7-6(19)2-5(3-26-32(24,25)31-16)27-14(7)29-10-8(20)9(21)12(22)28-11(10)13(23)30-15/h5-12,14,19-21H,2-3H2,1,15-16H3/p+1. The third-order valence-electron chi connectivity index (χ3n) is 4.66. The molecule has 17 nitrogen and oxygen atoms in total. The first-order chi connectivity index (χ1) is 14.9. The minimum absolute atomic E-state index is 0.225. The predicted molar refractivity (Wildman–Crippen MR) is 90.3 cm³/mol. The van der Waals surface area contributed by atoms with Gasteiger partial charge in [0.15, 0.2) is 12.4 Å². The van der Waals surface area contributed by atoms with Crippen LogP contribution in [0.25, 0.3) is 0 Å². The number of aliphatic hydroxyl groups is 3. The highest BCUT2D eigenvalue weighted by Gasteiger charge is 2.50. The average Bonchev–Trinajstić information content (AvgIpc) is 2.74. The van der Waals surface area contributed by atoms with Gasteiger partial charge >= 0.3 is 16.4 Å². The molecule has 0 spiro atoms. The number of amides is 1. The van der Waals surface area contributed by atoms with Crippen LogP contribution in [0.15, 0.2) is 0 Å². The summed E-state index contributed by atoms with van der Waals surface area (Å²) in [4.78, 5) is 27.8. The number of hydrogen-bond acceptors (Lipinski definition) is 14. The van der Waals surface area contributed by atoms with Crippen LogP contribution >= 0.6 is 0 Å². The lowest BCUT2D eigenvalue weighted by Gasteiger charge is -2.47. The third-order valence-corrected chi connectivity index (χ3v) is 5.37. The molecule has 1 amide bonds. The van der Waals surface area contributed by atoms with Crippen molar-refractivity contribution in [1.29, 1.82) is 0 Å². The summed E-state index contributed by atoms with van der Waals surface area (Å²) in [6, 6.07) is -1.27. The van der Waals surface area contributed by atoms with E-state index in [-0.39, 0.29) is 6.42 Å². The first-order valence-corrected chi connectivity index (χ1v) is 10.5. The van der Waals surface area contributed by atoms with Crippen LogP contribution in [0.5, 0.6) is 0 Å². The number of carbonyl (C=O) groups excluding carboxylic acids is 2. The molecule has 0 saturated carbocycles. The lowest BCUT2D eigenvalue weighted by molar-refractivity contribution is -0.659. The van der Waals surface area contributed by atoms with Gasteiger partial charge in [0.25, 0.3) is 0 Å². The summed E-state index contributed by atoms with van der Waals surface area (Å²) in [5.74, 6) is 3.78. The van der Waals surface area contributed by atoms with Crippen molar-refractivity contribution in [2.75, 3.05) is 6.61 Å². The molecule has 10 N–H and O–H groups in total. The van der Waals surface area contributed by atoms with Gasteiger partial charge in [-0.15, -0.1) is 0 Å². The topological polar surface area (TPSA) is 275 Å². The zero-order chi connectivity index (χ0) is 24.2. The Labute approximate surface area is 181 Å². The normalized spacial score (nSPS) is 38.2. The van der Waals surface area contributed by atoms with Crippen LogP contribution in [0.4, 0.5) is 0 Å². The van der Waals surface area contributed by atoms with Crippen molar-refractivity contribution in [3.8, 4) is 0 Å². The molecule has 2 heterocycles. The molecule has 2 aliphatic heterocycles. The molecule has 0 aromatic heterocycles. The Bertz CT molecular complexity index is 768. The van der Waals surface area contributed by atoms with Gasteiger partial charge in [-0.2, -0.15) is 20.2 Å². The van der Waals surface area contributed by atoms with E-state index in [9.17, 15) is 38.4 Å². The van der Waals surface area contributed by atoms with Crippen molar-refractivity contribution in [1.82, 2.24) is 5.32 Å². The van der Waals surface area contributed by atoms with E-state index in [0.717, 1.165) is 6.92 Å². The molecule has 9 unspecified atom stereocenters. The maximum Gasteiger partial charge on any atom is 0.444 e. The van der Waals surface area contributed by atoms with Gasteiger partial charge in [0.05, 0.1) is 24.9 Å². The van der Waals surface area contributed by atoms with Crippen molar-refractivity contribution in [3.05, 3.63) is 0 Å². The second kappa shape index (κ2) is 11.0. The van der Waals surface area contributed by atoms with E-state index < -0.39 is 84.1 Å². The van der Waals surface area contributed by atoms with Gasteiger partial charge < -0.3 is 40.0 Å². The zero-order valence-electron chi connectivity index (χ0n) is 16.8. The Balaban J connectivity index is 2.26. The molecule has 0 bridgehead atoms. The van der Waals surface area contributed by atoms with E-state index in [1.807, 2.05) is 0 Å². The third kappa shape index (κ3) is 6.50. The highest BCUT2D eigenvalue weighted by molar-refractivity contribution is 7.81. The van der Waals surface area contributed by atoms with Gasteiger partial charge in [-0.1, -0.05) is 4.28 Å². The summed E-state index contributed by atoms with van der Waals surface area (Å²) < 4.78 is 46.9. The second-order valence-electron chi connectivity index (χ2n) is 6.94. The Morgan fingerprint density at radius 3 is 2.41 bits per heavy atom. The number of rotatable bonds is 8. The van der Waals surface area contributed by atoms with Gasteiger partial charge in [-0.05, 0) is 0 Å². The smallest absolute Gasteiger partial charge is 0.444 e. The van der Waals surface area contributed by atoms with Gasteiger partial charge in [-0.3, -0.25) is 9.63 Å². The van der Waals surface area contributed by atoms with E-state index in [1.54, 1.807) is 0 Å². The monoisotopic (exact) mass is 492 g/mol. The summed E-state index contributed by atoms with van der Waals surface area (Å²) in [6.45, 7) is 0.477. The van der Waals surface area contributed by atoms with Crippen LogP contribution in [0, 0.1) is 0 Å². The predicted octanol–water partition coefficient (Wildman–Crippen LogP) is -7.71. The highest BCUT2D eigenvalue weighted by atomic mass is 32.3. The molecule has 32 heavy (non-hydrogen) atoms. The summed E-state index contributed by atoms with van der Waals surface area (Å²) in [7, 11) is -4.44. The second-order valence-corrected chi connectivity index (χ2v) is 8.22. The van der Waals surface area contributed by atoms with Crippen LogP contribution in [0.1, 0.15) is 13.3 Å². The molecule has 0 aromatic carbocycles. The van der Waals surface area contributed by atoms with E-state index in [4.69, 9.17) is 14.2 Å². The van der Waals surface area contributed by atoms with Crippen molar-refractivity contribution in [2.45, 2.75) is 68.6 Å². The average molecular weight is 492 g/mol. The van der Waals surface area contributed by atoms with Crippen molar-refractivity contribution < 1.29 is 77.7 Å². The van der Waals surface area contributed by atoms with Crippen LogP contribution in [-0.2, 0) is 47.5 Å². The SMILES string of the molecule is CC(=O)NC1C(O)CC(COS(=O)(=O)O[NH3+])OC1OC1C(C(=O)O[NH3+])OC([O-])C(O)C1O. The largest absolute Gasteiger partial charge is 0.829 e. The van der Waals surface area contributed by atoms with Crippen molar-refractivity contribution in [2.24, 2.45) is 0 Å². The van der Waals surface area contributed by atoms with Gasteiger partial charge in [0.1, 0.15) is 18.2 Å². The number of quaternary nitrogens is 2. The molecule has 2 saturated heterocycles. The molecule has 18 heteroatoms. The maximum atomic E-state index is 12.0. The summed E-state index contributed by atoms with van der Waals surface area (Å²) in [5, 5.41) is 44.7. The molecule has 186 valence electrons. The lowest BCUT2D eigenvalue weighted by Crippen LogP contribution is -2.68. The van der Waals surface area contributed by atoms with Gasteiger partial charge in [0, 0.05) is 19.6 Å². The zero-order valence-corrected chi connectivity index (χ0v) is 17.6. The van der Waals surface area contributed by atoms with E-state index in [0.29, 0.717) is 0 Å². The molecule has 0 aliphatic carbocycles. The Morgan fingerprint density at radius 1 is 1.19 bits per heavy atom. The molecule has 2 aliphatic rings. The number of carbonyl (C=O) groups is 2. The van der Waals surface area contributed by atoms with Crippen LogP contribution in [0.2, 0.25) is 0 Å². The first kappa shape index (κ1) is 26.7. The Hall–Kier alpha value is -1.55. The van der Waals surface area contributed by atoms with Crippen LogP contribution < -0.4 is 22.2 Å². The number of hydrogen-bond donors (Lipinski definition) is 6. The van der Waals surface area contributed by atoms with Crippen LogP contribution in [-0.4, -0.2) is 97.5 Å². The van der Waals surface area contributed by atoms with Gasteiger partial charge in [0.2, 0.25) is 5.91 Å². The summed E-state index contributed by atoms with van der Waals surface area (Å²) >= 11 is 0. The molecule has 2 rings (SSSR count). The van der Waals surface area contributed by atoms with E-state index >= 15 is 0 Å². The Morgan fingerprint density at radius 2 is 1.84 bits per heavy atom. The van der Waals surface area contributed by atoms with E-state index in [2.05, 4.69) is 30.4 Å². The fraction of sp³-hybridized carbons (Fsp3) is 0.857. The molecule has 0 aromatic rings. The lowest BCUT2D eigenvalue weighted by atomic mass is 9.97. The quantitative estimate of drug-likeness (QED) is 0.172. The highest BCUT2D eigenvalue weighted by Crippen LogP contribution is 2.28. The molecule has 0 radical (unpaired) electrons. The van der Waals surface area contributed by atoms with Crippen molar-refractivity contribution >= 4 is 22.3 Å². The Kier molecular flexibility index (Phi) is 9.22. The number of ether oxygens (including phenoxy) is 3. The fourth-order valence-corrected chi connectivity index (χ4v) is 3.55. The first-order valence-electron chi connectivity index (χ1n) is 9.12. The minimum atomic E-state index is -4.44. The minimum Gasteiger partial charge on any atom is -0.829 e. The van der Waals surface area contributed by atoms with E-state index in [1.165, 1.54) is 0 Å². The molecular formula is C14H26N3O14S+. The fourth-order valence-electron chi connectivity index (χ4n) is 3.16. The van der Waals surface area contributed by atoms with Gasteiger partial charge in [-0.25, -0.2) is 8.98 Å². The summed E-state index contributed by atoms with van der Waals surface area (Å²) in [6.07, 6.45) is -14.2. The number of aliphatic hydroxyl groups excluding tert-OH is 3. The van der Waals surface area contributed by atoms with Crippen molar-refractivity contribution in [3.63, 3.8) is 0 Å². The van der Waals surface area contributed by atoms with Crippen LogP contribution in [0.3, 0.4) is 0 Å². The maximum absolute atomic E-state index is 12.0. The molecule has 9 atom stereocenters. The molecular weight excluding hydrogens is 466 g/mol. The summed E-state index contributed by atoms with van der Waals surface area (Å²) in [5.41, 5.74) is 0. The molecule has 2 fully saturated rings.